The van der Waals surface area contributed by atoms with Gasteiger partial charge in [-0.3, -0.25) is 14.9 Å². The number of para-hydroxylation sites is 1. The number of carbonyl (C=O) groups excluding carboxylic acids is 1. The van der Waals surface area contributed by atoms with Crippen molar-refractivity contribution in [1.29, 1.82) is 5.26 Å². The maximum atomic E-state index is 12.7. The molecule has 1 heterocycles. The van der Waals surface area contributed by atoms with Gasteiger partial charge in [-0.25, -0.2) is 4.98 Å². The van der Waals surface area contributed by atoms with Crippen LogP contribution in [0.3, 0.4) is 0 Å². The third kappa shape index (κ3) is 3.64. The van der Waals surface area contributed by atoms with E-state index in [0.29, 0.717) is 23.1 Å². The molecule has 0 amide bonds. The molecule has 136 valence electrons. The van der Waals surface area contributed by atoms with Crippen LogP contribution in [0.15, 0.2) is 18.2 Å². The molecular weight excluding hydrogens is 334 g/mol. The van der Waals surface area contributed by atoms with Crippen LogP contribution in [0.1, 0.15) is 56.9 Å². The minimum absolute atomic E-state index is 0.148. The molecule has 1 atom stereocenters. The highest BCUT2D eigenvalue weighted by Crippen LogP contribution is 2.35. The van der Waals surface area contributed by atoms with E-state index in [1.807, 2.05) is 6.92 Å². The van der Waals surface area contributed by atoms with Gasteiger partial charge in [-0.05, 0) is 34.1 Å². The third-order valence-electron chi connectivity index (χ3n) is 3.98. The van der Waals surface area contributed by atoms with Crippen LogP contribution in [-0.2, 0) is 9.53 Å². The predicted octanol–water partition coefficient (Wildman–Crippen LogP) is 4.16. The Morgan fingerprint density at radius 2 is 2.08 bits per heavy atom. The lowest BCUT2D eigenvalue weighted by Gasteiger charge is -2.25. The fraction of sp³-hybridized carbons (Fsp3) is 0.421. The first-order chi connectivity index (χ1) is 12.1. The lowest BCUT2D eigenvalue weighted by Crippen LogP contribution is -2.28. The molecule has 1 aromatic heterocycles. The molecule has 0 fully saturated rings. The zero-order valence-corrected chi connectivity index (χ0v) is 15.5. The number of pyridine rings is 1. The van der Waals surface area contributed by atoms with Crippen molar-refractivity contribution in [3.05, 3.63) is 45.1 Å². The van der Waals surface area contributed by atoms with Crippen molar-refractivity contribution in [3.8, 4) is 6.07 Å². The summed E-state index contributed by atoms with van der Waals surface area (Å²) in [5.74, 6) is -1.11. The highest BCUT2D eigenvalue weighted by molar-refractivity contribution is 5.94. The predicted molar refractivity (Wildman–Crippen MR) is 96.7 cm³/mol. The van der Waals surface area contributed by atoms with E-state index in [2.05, 4.69) is 11.1 Å². The van der Waals surface area contributed by atoms with E-state index in [9.17, 15) is 20.2 Å². The maximum absolute atomic E-state index is 12.7. The zero-order chi connectivity index (χ0) is 19.6. The van der Waals surface area contributed by atoms with Gasteiger partial charge in [0.15, 0.2) is 0 Å². The number of carbonyl (C=O) groups is 1. The lowest BCUT2D eigenvalue weighted by molar-refractivity contribution is -0.383. The first-order valence-electron chi connectivity index (χ1n) is 8.31. The molecule has 0 aliphatic carbocycles. The number of aromatic nitrogens is 1. The second kappa shape index (κ2) is 7.08. The molecule has 7 nitrogen and oxygen atoms in total. The van der Waals surface area contributed by atoms with E-state index in [0.717, 1.165) is 0 Å². The normalized spacial score (nSPS) is 12.5. The Morgan fingerprint density at radius 1 is 1.42 bits per heavy atom. The molecule has 0 N–H and O–H groups in total. The summed E-state index contributed by atoms with van der Waals surface area (Å²) < 4.78 is 5.49. The van der Waals surface area contributed by atoms with Crippen LogP contribution in [-0.4, -0.2) is 21.5 Å². The van der Waals surface area contributed by atoms with Gasteiger partial charge in [-0.15, -0.1) is 0 Å². The van der Waals surface area contributed by atoms with Gasteiger partial charge in [-0.1, -0.05) is 19.1 Å². The van der Waals surface area contributed by atoms with Crippen molar-refractivity contribution < 1.29 is 14.5 Å². The smallest absolute Gasteiger partial charge is 0.314 e. The minimum Gasteiger partial charge on any atom is -0.459 e. The Labute approximate surface area is 151 Å². The molecule has 26 heavy (non-hydrogen) atoms. The number of non-ortho nitro benzene ring substituents is 1. The van der Waals surface area contributed by atoms with Crippen LogP contribution >= 0.6 is 0 Å². The van der Waals surface area contributed by atoms with Crippen LogP contribution in [0.5, 0.6) is 0 Å². The monoisotopic (exact) mass is 355 g/mol. The van der Waals surface area contributed by atoms with Crippen molar-refractivity contribution in [2.24, 2.45) is 0 Å². The summed E-state index contributed by atoms with van der Waals surface area (Å²) in [5.41, 5.74) is 0.439. The van der Waals surface area contributed by atoms with Gasteiger partial charge in [0.05, 0.1) is 16.4 Å². The molecule has 0 aliphatic heterocycles. The van der Waals surface area contributed by atoms with Gasteiger partial charge < -0.3 is 4.74 Å². The summed E-state index contributed by atoms with van der Waals surface area (Å²) in [7, 11) is 0. The Hall–Kier alpha value is -3.01. The van der Waals surface area contributed by atoms with E-state index < -0.39 is 22.4 Å². The molecule has 0 saturated carbocycles. The molecule has 2 aromatic rings. The first kappa shape index (κ1) is 19.3. The Bertz CT molecular complexity index is 923. The molecule has 1 unspecified atom stereocenters. The summed E-state index contributed by atoms with van der Waals surface area (Å²) in [6.45, 7) is 8.80. The molecule has 0 saturated heterocycles. The highest BCUT2D eigenvalue weighted by Gasteiger charge is 2.31. The molecule has 0 spiro atoms. The van der Waals surface area contributed by atoms with Gasteiger partial charge >= 0.3 is 5.97 Å². The summed E-state index contributed by atoms with van der Waals surface area (Å²) in [5, 5.41) is 21.4. The summed E-state index contributed by atoms with van der Waals surface area (Å²) in [4.78, 5) is 27.8. The van der Waals surface area contributed by atoms with Gasteiger partial charge in [0.25, 0.3) is 5.69 Å². The van der Waals surface area contributed by atoms with Crippen molar-refractivity contribution in [2.75, 3.05) is 0 Å². The topological polar surface area (TPSA) is 106 Å². The van der Waals surface area contributed by atoms with E-state index in [-0.39, 0.29) is 16.8 Å². The second-order valence-corrected chi connectivity index (χ2v) is 7.02. The third-order valence-corrected chi connectivity index (χ3v) is 3.98. The number of esters is 1. The highest BCUT2D eigenvalue weighted by atomic mass is 16.6. The quantitative estimate of drug-likeness (QED) is 0.463. The number of hydrogen-bond acceptors (Lipinski definition) is 6. The maximum Gasteiger partial charge on any atom is 0.314 e. The number of hydrogen-bond donors (Lipinski definition) is 0. The summed E-state index contributed by atoms with van der Waals surface area (Å²) in [6.07, 6.45) is 0.423. The number of rotatable bonds is 4. The number of nitro groups is 1. The van der Waals surface area contributed by atoms with E-state index >= 15 is 0 Å². The minimum atomic E-state index is -0.667. The standard InChI is InChI=1S/C19H21N3O4/c1-6-12(18(23)26-19(3,4)5)16-11(2)21-17-13(14(16)10-20)8-7-9-15(17)22(24)25/h7-9,12H,6H2,1-5H3. The fourth-order valence-corrected chi connectivity index (χ4v) is 2.96. The largest absolute Gasteiger partial charge is 0.459 e. The average Bonchev–Trinajstić information content (AvgIpc) is 2.53. The van der Waals surface area contributed by atoms with E-state index in [4.69, 9.17) is 4.74 Å². The number of nitrogens with zero attached hydrogens (tertiary/aromatic N) is 3. The first-order valence-corrected chi connectivity index (χ1v) is 8.31. The molecular formula is C19H21N3O4. The van der Waals surface area contributed by atoms with Crippen molar-refractivity contribution in [1.82, 2.24) is 4.98 Å². The van der Waals surface area contributed by atoms with Crippen LogP contribution < -0.4 is 0 Å². The molecule has 2 rings (SSSR count). The van der Waals surface area contributed by atoms with Gasteiger partial charge in [-0.2, -0.15) is 5.26 Å². The number of fused-ring (bicyclic) bond motifs is 1. The molecule has 0 radical (unpaired) electrons. The van der Waals surface area contributed by atoms with Gasteiger partial charge in [0, 0.05) is 22.7 Å². The van der Waals surface area contributed by atoms with Crippen LogP contribution in [0.2, 0.25) is 0 Å². The Morgan fingerprint density at radius 3 is 2.58 bits per heavy atom. The molecule has 0 aliphatic rings. The van der Waals surface area contributed by atoms with E-state index in [1.165, 1.54) is 12.1 Å². The Balaban J connectivity index is 2.75. The number of nitro benzene ring substituents is 1. The van der Waals surface area contributed by atoms with Crippen molar-refractivity contribution in [3.63, 3.8) is 0 Å². The number of nitriles is 1. The second-order valence-electron chi connectivity index (χ2n) is 7.02. The average molecular weight is 355 g/mol. The number of aryl methyl sites for hydroxylation is 1. The van der Waals surface area contributed by atoms with Crippen molar-refractivity contribution in [2.45, 2.75) is 52.6 Å². The van der Waals surface area contributed by atoms with Crippen LogP contribution in [0.25, 0.3) is 10.9 Å². The lowest BCUT2D eigenvalue weighted by atomic mass is 9.89. The number of ether oxygens (including phenoxy) is 1. The molecule has 0 bridgehead atoms. The fourth-order valence-electron chi connectivity index (χ4n) is 2.96. The summed E-state index contributed by atoms with van der Waals surface area (Å²) >= 11 is 0. The molecule has 1 aromatic carbocycles. The van der Waals surface area contributed by atoms with Crippen LogP contribution in [0.4, 0.5) is 5.69 Å². The summed E-state index contributed by atoms with van der Waals surface area (Å²) in [6, 6.07) is 6.58. The van der Waals surface area contributed by atoms with Gasteiger partial charge in [0.1, 0.15) is 17.2 Å². The van der Waals surface area contributed by atoms with E-state index in [1.54, 1.807) is 33.8 Å². The van der Waals surface area contributed by atoms with Crippen molar-refractivity contribution >= 4 is 22.6 Å². The van der Waals surface area contributed by atoms with Gasteiger partial charge in [0.2, 0.25) is 0 Å². The Kier molecular flexibility index (Phi) is 5.26. The SMILES string of the molecule is CCC(C(=O)OC(C)(C)C)c1c(C)nc2c([N+](=O)[O-])cccc2c1C#N. The zero-order valence-electron chi connectivity index (χ0n) is 15.5. The van der Waals surface area contributed by atoms with Crippen LogP contribution in [0, 0.1) is 28.4 Å². The number of benzene rings is 1. The molecule has 7 heteroatoms.